The number of nitrogens with two attached hydrogens (primary N) is 1. The van der Waals surface area contributed by atoms with Crippen molar-refractivity contribution in [2.75, 3.05) is 5.73 Å². The molecule has 0 saturated heterocycles. The molecule has 4 heteroatoms. The van der Waals surface area contributed by atoms with Crippen LogP contribution in [0.15, 0.2) is 24.3 Å². The summed E-state index contributed by atoms with van der Waals surface area (Å²) in [6.45, 7) is 7.11. The molecular weight excluding hydrogens is 337 g/mol. The molecule has 0 aliphatic rings. The van der Waals surface area contributed by atoms with Crippen molar-refractivity contribution in [2.24, 2.45) is 0 Å². The average Bonchev–Trinajstić information content (AvgIpc) is 2.58. The summed E-state index contributed by atoms with van der Waals surface area (Å²) in [6, 6.07) is 8.66. The van der Waals surface area contributed by atoms with E-state index in [4.69, 9.17) is 5.73 Å². The molecule has 96 valence electrons. The second-order valence-corrected chi connectivity index (χ2v) is 5.92. The van der Waals surface area contributed by atoms with Crippen LogP contribution in [-0.4, -0.2) is 9.78 Å². The van der Waals surface area contributed by atoms with Crippen molar-refractivity contribution in [3.05, 3.63) is 44.7 Å². The SMILES string of the molecule is Cc1nn(Cc2ccc(C(C)C)cc2)c(N)c1I. The van der Waals surface area contributed by atoms with E-state index in [2.05, 4.69) is 65.8 Å². The van der Waals surface area contributed by atoms with E-state index < -0.39 is 0 Å². The number of anilines is 1. The number of hydrogen-bond acceptors (Lipinski definition) is 2. The summed E-state index contributed by atoms with van der Waals surface area (Å²) >= 11 is 2.24. The van der Waals surface area contributed by atoms with Gasteiger partial charge in [0.2, 0.25) is 0 Å². The number of nitrogens with zero attached hydrogens (tertiary/aromatic N) is 2. The monoisotopic (exact) mass is 355 g/mol. The van der Waals surface area contributed by atoms with Crippen LogP contribution >= 0.6 is 22.6 Å². The zero-order chi connectivity index (χ0) is 13.3. The Labute approximate surface area is 122 Å². The molecule has 2 N–H and O–H groups in total. The van der Waals surface area contributed by atoms with Crippen LogP contribution in [0, 0.1) is 10.5 Å². The van der Waals surface area contributed by atoms with Crippen LogP contribution in [0.4, 0.5) is 5.82 Å². The van der Waals surface area contributed by atoms with Gasteiger partial charge in [0.1, 0.15) is 5.82 Å². The quantitative estimate of drug-likeness (QED) is 0.856. The van der Waals surface area contributed by atoms with Gasteiger partial charge in [0.05, 0.1) is 15.8 Å². The molecule has 0 unspecified atom stereocenters. The Hall–Kier alpha value is -1.04. The molecule has 0 radical (unpaired) electrons. The van der Waals surface area contributed by atoms with E-state index in [0.29, 0.717) is 5.92 Å². The molecule has 0 atom stereocenters. The van der Waals surface area contributed by atoms with Gasteiger partial charge in [-0.15, -0.1) is 0 Å². The highest BCUT2D eigenvalue weighted by molar-refractivity contribution is 14.1. The third-order valence-corrected chi connectivity index (χ3v) is 4.40. The minimum absolute atomic E-state index is 0.567. The van der Waals surface area contributed by atoms with Gasteiger partial charge in [0.25, 0.3) is 0 Å². The lowest BCUT2D eigenvalue weighted by Gasteiger charge is -2.08. The molecule has 0 aliphatic heterocycles. The molecule has 0 bridgehead atoms. The molecule has 0 amide bonds. The van der Waals surface area contributed by atoms with E-state index >= 15 is 0 Å². The van der Waals surface area contributed by atoms with E-state index in [1.807, 2.05) is 11.6 Å². The second-order valence-electron chi connectivity index (χ2n) is 4.84. The lowest BCUT2D eigenvalue weighted by molar-refractivity contribution is 0.688. The molecule has 3 nitrogen and oxygen atoms in total. The number of nitrogen functional groups attached to an aromatic ring is 1. The molecule has 0 saturated carbocycles. The molecule has 0 fully saturated rings. The maximum Gasteiger partial charge on any atom is 0.135 e. The highest BCUT2D eigenvalue weighted by Gasteiger charge is 2.09. The maximum atomic E-state index is 6.02. The topological polar surface area (TPSA) is 43.8 Å². The van der Waals surface area contributed by atoms with Gasteiger partial charge in [0, 0.05) is 0 Å². The normalized spacial score (nSPS) is 11.2. The molecule has 0 aliphatic carbocycles. The van der Waals surface area contributed by atoms with Crippen LogP contribution in [0.5, 0.6) is 0 Å². The average molecular weight is 355 g/mol. The fourth-order valence-corrected chi connectivity index (χ4v) is 2.27. The lowest BCUT2D eigenvalue weighted by atomic mass is 10.0. The maximum absolute atomic E-state index is 6.02. The Bertz CT molecular complexity index is 541. The summed E-state index contributed by atoms with van der Waals surface area (Å²) in [5.41, 5.74) is 9.60. The van der Waals surface area contributed by atoms with Gasteiger partial charge >= 0.3 is 0 Å². The van der Waals surface area contributed by atoms with Crippen molar-refractivity contribution < 1.29 is 0 Å². The van der Waals surface area contributed by atoms with Crippen LogP contribution in [0.1, 0.15) is 36.6 Å². The van der Waals surface area contributed by atoms with Gasteiger partial charge in [-0.2, -0.15) is 5.10 Å². The van der Waals surface area contributed by atoms with E-state index in [-0.39, 0.29) is 0 Å². The van der Waals surface area contributed by atoms with Crippen molar-refractivity contribution in [2.45, 2.75) is 33.2 Å². The molecule has 2 rings (SSSR count). The molecule has 1 aromatic heterocycles. The Morgan fingerprint density at radius 3 is 2.33 bits per heavy atom. The minimum Gasteiger partial charge on any atom is -0.383 e. The summed E-state index contributed by atoms with van der Waals surface area (Å²) in [5.74, 6) is 1.32. The van der Waals surface area contributed by atoms with Gasteiger partial charge < -0.3 is 5.73 Å². The van der Waals surface area contributed by atoms with Crippen LogP contribution in [0.25, 0.3) is 0 Å². The number of rotatable bonds is 3. The summed E-state index contributed by atoms with van der Waals surface area (Å²) in [6.07, 6.45) is 0. The van der Waals surface area contributed by atoms with Crippen molar-refractivity contribution in [1.29, 1.82) is 0 Å². The first-order valence-electron chi connectivity index (χ1n) is 6.06. The highest BCUT2D eigenvalue weighted by Crippen LogP contribution is 2.20. The van der Waals surface area contributed by atoms with Gasteiger partial charge in [-0.3, -0.25) is 0 Å². The van der Waals surface area contributed by atoms with Crippen molar-refractivity contribution >= 4 is 28.4 Å². The fourth-order valence-electron chi connectivity index (χ4n) is 1.88. The molecular formula is C14H18IN3. The lowest BCUT2D eigenvalue weighted by Crippen LogP contribution is -2.06. The van der Waals surface area contributed by atoms with Crippen molar-refractivity contribution in [3.63, 3.8) is 0 Å². The first-order valence-corrected chi connectivity index (χ1v) is 7.14. The Morgan fingerprint density at radius 2 is 1.89 bits per heavy atom. The summed E-state index contributed by atoms with van der Waals surface area (Å²) in [4.78, 5) is 0. The molecule has 2 aromatic rings. The molecule has 0 spiro atoms. The zero-order valence-corrected chi connectivity index (χ0v) is 13.1. The summed E-state index contributed by atoms with van der Waals surface area (Å²) in [5, 5.41) is 4.45. The predicted molar refractivity (Wildman–Crippen MR) is 83.7 cm³/mol. The minimum atomic E-state index is 0.567. The van der Waals surface area contributed by atoms with Crippen LogP contribution in [0.3, 0.4) is 0 Å². The second kappa shape index (κ2) is 5.30. The van der Waals surface area contributed by atoms with E-state index in [0.717, 1.165) is 21.6 Å². The number of hydrogen-bond donors (Lipinski definition) is 1. The van der Waals surface area contributed by atoms with Crippen molar-refractivity contribution in [1.82, 2.24) is 9.78 Å². The number of aryl methyl sites for hydroxylation is 1. The summed E-state index contributed by atoms with van der Waals surface area (Å²) < 4.78 is 2.91. The standard InChI is InChI=1S/C14H18IN3/c1-9(2)12-6-4-11(5-7-12)8-18-14(16)13(15)10(3)17-18/h4-7,9H,8,16H2,1-3H3. The predicted octanol–water partition coefficient (Wildman–Crippen LogP) is 3.55. The van der Waals surface area contributed by atoms with E-state index in [1.54, 1.807) is 0 Å². The van der Waals surface area contributed by atoms with Gasteiger partial charge in [0.15, 0.2) is 0 Å². The smallest absolute Gasteiger partial charge is 0.135 e. The highest BCUT2D eigenvalue weighted by atomic mass is 127. The third kappa shape index (κ3) is 2.68. The Balaban J connectivity index is 2.21. The van der Waals surface area contributed by atoms with Gasteiger partial charge in [-0.05, 0) is 46.6 Å². The molecule has 1 aromatic carbocycles. The number of benzene rings is 1. The largest absolute Gasteiger partial charge is 0.383 e. The van der Waals surface area contributed by atoms with Crippen LogP contribution in [0.2, 0.25) is 0 Å². The first-order chi connectivity index (χ1) is 8.49. The van der Waals surface area contributed by atoms with E-state index in [9.17, 15) is 0 Å². The van der Waals surface area contributed by atoms with Crippen LogP contribution in [-0.2, 0) is 6.54 Å². The summed E-state index contributed by atoms with van der Waals surface area (Å²) in [7, 11) is 0. The molecule has 18 heavy (non-hydrogen) atoms. The Kier molecular flexibility index (Phi) is 3.94. The number of halogens is 1. The van der Waals surface area contributed by atoms with E-state index in [1.165, 1.54) is 11.1 Å². The first kappa shape index (κ1) is 13.4. The third-order valence-electron chi connectivity index (χ3n) is 3.07. The van der Waals surface area contributed by atoms with Crippen molar-refractivity contribution in [3.8, 4) is 0 Å². The van der Waals surface area contributed by atoms with Crippen LogP contribution < -0.4 is 5.73 Å². The van der Waals surface area contributed by atoms with Gasteiger partial charge in [-0.1, -0.05) is 38.1 Å². The number of aromatic nitrogens is 2. The Morgan fingerprint density at radius 1 is 1.28 bits per heavy atom. The van der Waals surface area contributed by atoms with Gasteiger partial charge in [-0.25, -0.2) is 4.68 Å². The fraction of sp³-hybridized carbons (Fsp3) is 0.357. The zero-order valence-electron chi connectivity index (χ0n) is 10.9. The molecule has 1 heterocycles.